The third-order valence-electron chi connectivity index (χ3n) is 11.9. The predicted molar refractivity (Wildman–Crippen MR) is 253 cm³/mol. The van der Waals surface area contributed by atoms with Crippen molar-refractivity contribution in [1.82, 2.24) is 36.6 Å². The highest BCUT2D eigenvalue weighted by molar-refractivity contribution is 7.99. The summed E-state index contributed by atoms with van der Waals surface area (Å²) in [6.45, 7) is 13.1. The third kappa shape index (κ3) is 13.4. The molecular weight excluding hydrogens is 841 g/mol. The van der Waals surface area contributed by atoms with Gasteiger partial charge in [0.1, 0.15) is 28.2 Å². The number of Topliss-reactive ketones (excluding diaryl/α,β-unsaturated/α-hetero) is 1. The van der Waals surface area contributed by atoms with E-state index in [9.17, 15) is 33.9 Å². The molecule has 10 N–H and O–H groups in total. The molecule has 2 heterocycles. The molecule has 2 aromatic carbocycles. The van der Waals surface area contributed by atoms with Gasteiger partial charge in [-0.05, 0) is 88.1 Å². The van der Waals surface area contributed by atoms with Gasteiger partial charge in [0.15, 0.2) is 5.78 Å². The summed E-state index contributed by atoms with van der Waals surface area (Å²) in [5.74, 6) is -2.04. The average molecular weight is 905 g/mol. The van der Waals surface area contributed by atoms with Crippen LogP contribution in [0.5, 0.6) is 0 Å². The summed E-state index contributed by atoms with van der Waals surface area (Å²) in [4.78, 5) is 86.6. The third-order valence-corrected chi connectivity index (χ3v) is 13.4. The number of carbonyl (C=O) groups is 6. The zero-order chi connectivity index (χ0) is 46.6. The number of hydrogen-bond donors (Lipinski definition) is 9. The second-order valence-electron chi connectivity index (χ2n) is 17.2. The van der Waals surface area contributed by atoms with Crippen molar-refractivity contribution in [3.63, 3.8) is 0 Å². The van der Waals surface area contributed by atoms with Crippen molar-refractivity contribution >= 4 is 86.1 Å². The van der Waals surface area contributed by atoms with Gasteiger partial charge in [-0.15, -0.1) is 0 Å². The lowest BCUT2D eigenvalue weighted by Crippen LogP contribution is -2.68. The number of thioether (sulfide) groups is 1. The summed E-state index contributed by atoms with van der Waals surface area (Å²) < 4.78 is 0. The maximum atomic E-state index is 14.3. The highest BCUT2D eigenvalue weighted by Gasteiger charge is 2.43. The molecule has 4 aromatic rings. The first-order chi connectivity index (χ1) is 29.7. The Labute approximate surface area is 379 Å². The van der Waals surface area contributed by atoms with E-state index in [1.54, 1.807) is 27.0 Å². The van der Waals surface area contributed by atoms with Crippen LogP contribution in [0, 0.1) is 11.8 Å². The summed E-state index contributed by atoms with van der Waals surface area (Å²) in [7, 11) is 0. The van der Waals surface area contributed by atoms with E-state index < -0.39 is 58.9 Å². The van der Waals surface area contributed by atoms with Gasteiger partial charge in [0.25, 0.3) is 0 Å². The van der Waals surface area contributed by atoms with Crippen molar-refractivity contribution in [1.29, 1.82) is 0 Å². The first kappa shape index (κ1) is 50.4. The molecule has 342 valence electrons. The lowest BCUT2D eigenvalue weighted by molar-refractivity contribution is -0.137. The number of nitrogens with two attached hydrogens (primary N) is 1. The first-order valence-electron chi connectivity index (χ1n) is 21.4. The van der Waals surface area contributed by atoms with Crippen LogP contribution < -0.4 is 32.3 Å². The first-order valence-corrected chi connectivity index (χ1v) is 22.9. The van der Waals surface area contributed by atoms with E-state index in [0.29, 0.717) is 24.3 Å². The molecule has 0 aliphatic rings. The number of hydrogen-bond acceptors (Lipinski definition) is 9. The average Bonchev–Trinajstić information content (AvgIpc) is 3.84. The Kier molecular flexibility index (Phi) is 17.9. The number of carbonyl (C=O) groups excluding carboxylic acids is 6. The Morgan fingerprint density at radius 2 is 1.30 bits per heavy atom. The number of amides is 5. The Morgan fingerprint density at radius 1 is 0.762 bits per heavy atom. The Bertz CT molecular complexity index is 2270. The van der Waals surface area contributed by atoms with Gasteiger partial charge >= 0.3 is 0 Å². The van der Waals surface area contributed by atoms with E-state index in [2.05, 4.69) is 36.6 Å². The topological polar surface area (TPSA) is 240 Å². The van der Waals surface area contributed by atoms with Crippen molar-refractivity contribution < 1.29 is 33.9 Å². The van der Waals surface area contributed by atoms with Crippen LogP contribution in [0.25, 0.3) is 21.8 Å². The number of aromatic amines is 2. The molecule has 0 bridgehead atoms. The Hall–Kier alpha value is -5.26. The number of thiocarbonyl (C=S) groups is 1. The number of para-hydroxylation sites is 2. The number of aliphatic hydroxyl groups is 1. The van der Waals surface area contributed by atoms with E-state index in [4.69, 9.17) is 18.0 Å². The molecule has 0 aliphatic carbocycles. The van der Waals surface area contributed by atoms with Crippen molar-refractivity contribution in [2.24, 2.45) is 17.6 Å². The highest BCUT2D eigenvalue weighted by Crippen LogP contribution is 2.24. The molecule has 0 saturated carbocycles. The molecule has 63 heavy (non-hydrogen) atoms. The lowest BCUT2D eigenvalue weighted by Gasteiger charge is -2.38. The van der Waals surface area contributed by atoms with Gasteiger partial charge in [-0.2, -0.15) is 11.8 Å². The quantitative estimate of drug-likeness (QED) is 0.0360. The van der Waals surface area contributed by atoms with Gasteiger partial charge in [0.2, 0.25) is 29.5 Å². The van der Waals surface area contributed by atoms with Crippen LogP contribution in [0.15, 0.2) is 60.9 Å². The van der Waals surface area contributed by atoms with Gasteiger partial charge in [0.05, 0.1) is 12.1 Å². The summed E-state index contributed by atoms with van der Waals surface area (Å²) in [6, 6.07) is 12.6. The SMILES string of the molecule is CC(=O)[C@H](Cc1c[nH]c2ccccc12)NC(=O)[C@H](C)NC(=O)CCCSCC[C@](C)(NC(=O)[C@H](Cc1c[nH]c2ccccc12)NC(=O)[C@@H](C)C(C)C)C(=O)NC(C)(C(N)=S)[C@@H](C)O. The zero-order valence-electron chi connectivity index (χ0n) is 37.5. The largest absolute Gasteiger partial charge is 0.391 e. The molecule has 5 amide bonds. The number of H-pyrrole nitrogens is 2. The van der Waals surface area contributed by atoms with Gasteiger partial charge < -0.3 is 47.4 Å². The van der Waals surface area contributed by atoms with Crippen LogP contribution in [0.4, 0.5) is 0 Å². The number of nitrogens with one attached hydrogen (secondary N) is 7. The molecule has 0 aliphatic heterocycles. The minimum atomic E-state index is -1.57. The van der Waals surface area contributed by atoms with Crippen LogP contribution in [0.1, 0.15) is 85.8 Å². The van der Waals surface area contributed by atoms with Crippen molar-refractivity contribution in [3.8, 4) is 0 Å². The van der Waals surface area contributed by atoms with Crippen LogP contribution in [0.2, 0.25) is 0 Å². The number of rotatable bonds is 24. The molecule has 7 atom stereocenters. The summed E-state index contributed by atoms with van der Waals surface area (Å²) >= 11 is 6.69. The van der Waals surface area contributed by atoms with Crippen molar-refractivity contribution in [2.75, 3.05) is 11.5 Å². The van der Waals surface area contributed by atoms with Crippen molar-refractivity contribution in [2.45, 2.75) is 123 Å². The lowest BCUT2D eigenvalue weighted by atomic mass is 9.90. The fourth-order valence-electron chi connectivity index (χ4n) is 6.88. The molecule has 2 aromatic heterocycles. The number of benzene rings is 2. The molecule has 1 unspecified atom stereocenters. The van der Waals surface area contributed by atoms with Crippen LogP contribution >= 0.6 is 24.0 Å². The second kappa shape index (κ2) is 22.4. The molecule has 0 fully saturated rings. The predicted octanol–water partition coefficient (Wildman–Crippen LogP) is 4.11. The number of aromatic nitrogens is 2. The number of fused-ring (bicyclic) bond motifs is 2. The van der Waals surface area contributed by atoms with E-state index >= 15 is 0 Å². The zero-order valence-corrected chi connectivity index (χ0v) is 39.1. The van der Waals surface area contributed by atoms with Gasteiger partial charge in [-0.3, -0.25) is 28.8 Å². The molecular formula is C46H64N8O7S2. The highest BCUT2D eigenvalue weighted by atomic mass is 32.2. The Balaban J connectivity index is 1.38. The van der Waals surface area contributed by atoms with E-state index in [0.717, 1.165) is 32.9 Å². The summed E-state index contributed by atoms with van der Waals surface area (Å²) in [5, 5.41) is 26.6. The van der Waals surface area contributed by atoms with Gasteiger partial charge in [-0.25, -0.2) is 0 Å². The minimum Gasteiger partial charge on any atom is -0.391 e. The standard InChI is InChI=1S/C46H64N8O7S2/c1-26(2)27(3)40(58)52-38(23-32-25-49-36-17-12-10-15-34(32)36)42(60)53-45(7,44(61)54-46(8,30(6)56)43(47)62)19-21-63-20-13-18-39(57)50-28(4)41(59)51-37(29(5)55)22-31-24-48-35-16-11-9-14-33(31)35/h9-12,14-17,24-28,30,37-38,48-49,56H,13,18-23H2,1-8H3,(H2,47,62)(H,50,57)(H,51,59)(H,52,58)(H,53,60)(H,54,61)/t27-,28-,30+,37-,38-,45-,46?/m0/s1. The minimum absolute atomic E-state index is 0.00895. The van der Waals surface area contributed by atoms with E-state index in [1.807, 2.05) is 68.6 Å². The van der Waals surface area contributed by atoms with Gasteiger partial charge in [-0.1, -0.05) is 69.4 Å². The van der Waals surface area contributed by atoms with E-state index in [1.165, 1.54) is 32.5 Å². The second-order valence-corrected chi connectivity index (χ2v) is 18.8. The number of aliphatic hydroxyl groups excluding tert-OH is 1. The molecule has 15 nitrogen and oxygen atoms in total. The van der Waals surface area contributed by atoms with E-state index in [-0.39, 0.29) is 47.8 Å². The molecule has 0 radical (unpaired) electrons. The normalized spacial score (nSPS) is 15.8. The monoisotopic (exact) mass is 904 g/mol. The Morgan fingerprint density at radius 3 is 1.83 bits per heavy atom. The van der Waals surface area contributed by atoms with Gasteiger partial charge in [0, 0.05) is 59.4 Å². The van der Waals surface area contributed by atoms with Crippen LogP contribution in [-0.4, -0.2) is 102 Å². The van der Waals surface area contributed by atoms with Crippen LogP contribution in [-0.2, 0) is 41.6 Å². The molecule has 4 rings (SSSR count). The van der Waals surface area contributed by atoms with Crippen LogP contribution in [0.3, 0.4) is 0 Å². The number of ketones is 1. The molecule has 0 spiro atoms. The fourth-order valence-corrected chi connectivity index (χ4v) is 8.21. The molecule has 0 saturated heterocycles. The summed E-state index contributed by atoms with van der Waals surface area (Å²) in [5.41, 5.74) is 6.43. The fraction of sp³-hybridized carbons (Fsp3) is 0.500. The maximum Gasteiger partial charge on any atom is 0.246 e. The summed E-state index contributed by atoms with van der Waals surface area (Å²) in [6.07, 6.45) is 3.59. The smallest absolute Gasteiger partial charge is 0.246 e. The maximum absolute atomic E-state index is 14.3. The van der Waals surface area contributed by atoms with Crippen molar-refractivity contribution in [3.05, 3.63) is 72.1 Å². The molecule has 17 heteroatoms.